The summed E-state index contributed by atoms with van der Waals surface area (Å²) in [6.07, 6.45) is -0.313. The van der Waals surface area contributed by atoms with Crippen molar-refractivity contribution in [1.82, 2.24) is 19.5 Å². The summed E-state index contributed by atoms with van der Waals surface area (Å²) in [5.74, 6) is 0.0351. The average molecular weight is 607 g/mol. The molecule has 1 unspecified atom stereocenters. The van der Waals surface area contributed by atoms with Crippen molar-refractivity contribution >= 4 is 30.9 Å². The van der Waals surface area contributed by atoms with E-state index in [1.54, 1.807) is 12.1 Å². The number of ether oxygens (including phenoxy) is 5. The molecule has 0 saturated heterocycles. The largest absolute Gasteiger partial charge is 0.515 e. The van der Waals surface area contributed by atoms with Gasteiger partial charge in [0.25, 0.3) is 5.56 Å². The Balaban J connectivity index is 1.35. The molecule has 0 fully saturated rings. The van der Waals surface area contributed by atoms with Gasteiger partial charge in [0.15, 0.2) is 22.7 Å². The highest BCUT2D eigenvalue weighted by Crippen LogP contribution is 2.49. The summed E-state index contributed by atoms with van der Waals surface area (Å²) in [4.78, 5) is 34.4. The molecule has 1 atom stereocenters. The van der Waals surface area contributed by atoms with Gasteiger partial charge < -0.3 is 38.5 Å². The third kappa shape index (κ3) is 8.04. The van der Waals surface area contributed by atoms with E-state index in [1.807, 2.05) is 0 Å². The van der Waals surface area contributed by atoms with Gasteiger partial charge in [0.05, 0.1) is 33.8 Å². The van der Waals surface area contributed by atoms with Crippen molar-refractivity contribution < 1.29 is 46.5 Å². The number of benzene rings is 2. The molecule has 2 aromatic carbocycles. The molecule has 0 saturated carbocycles. The number of rotatable bonds is 14. The number of carbonyl (C=O) groups excluding carboxylic acids is 1. The van der Waals surface area contributed by atoms with Gasteiger partial charge in [-0.25, -0.2) is 14.2 Å². The monoisotopic (exact) mass is 607 g/mol. The highest BCUT2D eigenvalue weighted by atomic mass is 31.2. The van der Waals surface area contributed by atoms with Crippen molar-refractivity contribution in [2.24, 2.45) is 0 Å². The van der Waals surface area contributed by atoms with Crippen LogP contribution in [-0.4, -0.2) is 59.6 Å². The second kappa shape index (κ2) is 13.9. The van der Waals surface area contributed by atoms with Crippen LogP contribution in [0.1, 0.15) is 5.56 Å². The van der Waals surface area contributed by atoms with Gasteiger partial charge in [0.1, 0.15) is 17.8 Å². The molecule has 4 rings (SSSR count). The maximum atomic E-state index is 14.1. The molecule has 0 radical (unpaired) electrons. The number of nitrogens with zero attached hydrogens (tertiary/aromatic N) is 3. The van der Waals surface area contributed by atoms with Crippen molar-refractivity contribution in [2.75, 3.05) is 39.7 Å². The van der Waals surface area contributed by atoms with Crippen LogP contribution in [0.15, 0.2) is 53.6 Å². The van der Waals surface area contributed by atoms with Crippen LogP contribution in [0, 0.1) is 5.82 Å². The van der Waals surface area contributed by atoms with Gasteiger partial charge in [0, 0.05) is 6.54 Å². The molecule has 15 nitrogen and oxygen atoms in total. The van der Waals surface area contributed by atoms with E-state index in [2.05, 4.69) is 15.0 Å². The molecule has 42 heavy (non-hydrogen) atoms. The number of anilines is 1. The Morgan fingerprint density at radius 2 is 1.86 bits per heavy atom. The van der Waals surface area contributed by atoms with Gasteiger partial charge in [-0.15, -0.1) is 0 Å². The van der Waals surface area contributed by atoms with Crippen LogP contribution in [0.3, 0.4) is 0 Å². The Morgan fingerprint density at radius 3 is 2.57 bits per heavy atom. The predicted molar refractivity (Wildman–Crippen MR) is 145 cm³/mol. The highest BCUT2D eigenvalue weighted by Gasteiger charge is 2.27. The summed E-state index contributed by atoms with van der Waals surface area (Å²) >= 11 is 0. The molecule has 2 aromatic heterocycles. The lowest BCUT2D eigenvalue weighted by molar-refractivity contribution is 0.0153. The van der Waals surface area contributed by atoms with Crippen molar-refractivity contribution in [3.05, 3.63) is 70.5 Å². The smallest absolute Gasteiger partial charge is 0.497 e. The van der Waals surface area contributed by atoms with Crippen molar-refractivity contribution in [3.63, 3.8) is 0 Å². The van der Waals surface area contributed by atoms with Crippen LogP contribution in [0.4, 0.5) is 15.1 Å². The molecular weight excluding hydrogens is 580 g/mol. The Bertz CT molecular complexity index is 1630. The predicted octanol–water partition coefficient (Wildman–Crippen LogP) is 3.43. The van der Waals surface area contributed by atoms with E-state index in [1.165, 1.54) is 49.4 Å². The molecule has 0 aliphatic rings. The Kier molecular flexibility index (Phi) is 10.1. The highest BCUT2D eigenvalue weighted by molar-refractivity contribution is 7.53. The maximum Gasteiger partial charge on any atom is 0.515 e. The van der Waals surface area contributed by atoms with Gasteiger partial charge >= 0.3 is 13.8 Å². The van der Waals surface area contributed by atoms with Gasteiger partial charge in [-0.3, -0.25) is 18.9 Å². The zero-order valence-electron chi connectivity index (χ0n) is 22.5. The topological polar surface area (TPSA) is 188 Å². The number of nitrogen functional groups attached to an aromatic ring is 1. The molecular formula is C25H27FN5O10P. The van der Waals surface area contributed by atoms with Gasteiger partial charge in [0.2, 0.25) is 12.7 Å². The first-order valence-corrected chi connectivity index (χ1v) is 13.9. The Morgan fingerprint density at radius 1 is 1.10 bits per heavy atom. The normalized spacial score (nSPS) is 12.5. The number of hydrogen-bond donors (Lipinski definition) is 2. The van der Waals surface area contributed by atoms with Crippen LogP contribution >= 0.6 is 7.60 Å². The summed E-state index contributed by atoms with van der Waals surface area (Å²) in [7, 11) is -1.26. The van der Waals surface area contributed by atoms with Crippen LogP contribution in [0.5, 0.6) is 17.2 Å². The molecule has 3 N–H and O–H groups in total. The van der Waals surface area contributed by atoms with E-state index in [4.69, 9.17) is 38.5 Å². The standard InChI is InChI=1S/C25H27FN5O10P/c1-35-17-4-6-18(7-5-17)41-25(33)38-14-40-42(34,39-12-16-3-8-20(36-2)19(26)11-16)15-37-10-9-31-13-28-21-22(31)29-24(27)30-23(21)32/h3-8,11,13H,9-10,12,14-15H2,1-2H3,(H3,27,29,30,32). The van der Waals surface area contributed by atoms with E-state index in [-0.39, 0.29) is 48.4 Å². The van der Waals surface area contributed by atoms with Crippen LogP contribution < -0.4 is 25.5 Å². The fourth-order valence-electron chi connectivity index (χ4n) is 3.48. The van der Waals surface area contributed by atoms with Gasteiger partial charge in [-0.1, -0.05) is 6.07 Å². The van der Waals surface area contributed by atoms with Gasteiger partial charge in [-0.05, 0) is 42.0 Å². The molecule has 0 amide bonds. The number of aromatic nitrogens is 4. The number of nitrogens with two attached hydrogens (primary N) is 1. The third-order valence-corrected chi connectivity index (χ3v) is 7.07. The second-order valence-electron chi connectivity index (χ2n) is 8.37. The number of H-pyrrole nitrogens is 1. The number of imidazole rings is 1. The molecule has 0 aliphatic heterocycles. The minimum Gasteiger partial charge on any atom is -0.497 e. The average Bonchev–Trinajstić information content (AvgIpc) is 3.38. The van der Waals surface area contributed by atoms with Crippen LogP contribution in [0.2, 0.25) is 0 Å². The van der Waals surface area contributed by atoms with Crippen LogP contribution in [-0.2, 0) is 36.2 Å². The molecule has 2 heterocycles. The zero-order valence-corrected chi connectivity index (χ0v) is 23.4. The Hall–Kier alpha value is -4.50. The summed E-state index contributed by atoms with van der Waals surface area (Å²) in [6, 6.07) is 10.2. The van der Waals surface area contributed by atoms with Crippen LogP contribution in [0.25, 0.3) is 11.2 Å². The molecule has 17 heteroatoms. The summed E-state index contributed by atoms with van der Waals surface area (Å²) in [6.45, 7) is -1.00. The lowest BCUT2D eigenvalue weighted by Crippen LogP contribution is -2.15. The number of fused-ring (bicyclic) bond motifs is 1. The van der Waals surface area contributed by atoms with Crippen molar-refractivity contribution in [2.45, 2.75) is 13.2 Å². The number of methoxy groups -OCH3 is 2. The summed E-state index contributed by atoms with van der Waals surface area (Å²) < 4.78 is 65.1. The molecule has 4 aromatic rings. The SMILES string of the molecule is COc1ccc(OC(=O)OCOP(=O)(COCCn2cnc3c(=O)[nH]c(N)nc32)OCc2ccc(OC)c(F)c2)cc1. The van der Waals surface area contributed by atoms with Crippen molar-refractivity contribution in [1.29, 1.82) is 0 Å². The van der Waals surface area contributed by atoms with E-state index in [0.29, 0.717) is 11.3 Å². The van der Waals surface area contributed by atoms with E-state index >= 15 is 0 Å². The lowest BCUT2D eigenvalue weighted by atomic mass is 10.2. The maximum absolute atomic E-state index is 14.1. The fraction of sp³-hybridized carbons (Fsp3) is 0.280. The van der Waals surface area contributed by atoms with E-state index in [9.17, 15) is 18.5 Å². The first kappa shape index (κ1) is 30.5. The van der Waals surface area contributed by atoms with Gasteiger partial charge in [-0.2, -0.15) is 4.98 Å². The summed E-state index contributed by atoms with van der Waals surface area (Å²) in [5.41, 5.74) is 5.76. The quantitative estimate of drug-likeness (QED) is 0.0698. The Labute approximate surface area is 237 Å². The summed E-state index contributed by atoms with van der Waals surface area (Å²) in [5, 5.41) is 0. The number of carbonyl (C=O) groups is 1. The minimum atomic E-state index is -4.08. The molecule has 224 valence electrons. The fourth-order valence-corrected chi connectivity index (χ4v) is 4.62. The first-order chi connectivity index (χ1) is 20.2. The third-order valence-electron chi connectivity index (χ3n) is 5.55. The molecule has 0 aliphatic carbocycles. The number of halogens is 1. The van der Waals surface area contributed by atoms with E-state index < -0.39 is 38.3 Å². The van der Waals surface area contributed by atoms with Crippen molar-refractivity contribution in [3.8, 4) is 17.2 Å². The zero-order chi connectivity index (χ0) is 30.1. The number of nitrogens with one attached hydrogen (secondary N) is 1. The second-order valence-corrected chi connectivity index (χ2v) is 10.4. The first-order valence-electron chi connectivity index (χ1n) is 12.2. The number of hydrogen-bond acceptors (Lipinski definition) is 13. The number of aromatic amines is 1. The lowest BCUT2D eigenvalue weighted by Gasteiger charge is -2.19. The molecule has 0 bridgehead atoms. The van der Waals surface area contributed by atoms with E-state index in [0.717, 1.165) is 6.07 Å². The minimum absolute atomic E-state index is 0.0237. The molecule has 0 spiro atoms.